The third kappa shape index (κ3) is 3.28. The maximum atomic E-state index is 6.01. The van der Waals surface area contributed by atoms with Gasteiger partial charge in [-0.15, -0.1) is 11.6 Å². The van der Waals surface area contributed by atoms with E-state index in [0.29, 0.717) is 5.50 Å². The van der Waals surface area contributed by atoms with Gasteiger partial charge in [-0.25, -0.2) is 0 Å². The molecular weight excluding hydrogens is 195 g/mol. The second-order valence-electron chi connectivity index (χ2n) is 2.44. The second-order valence-corrected chi connectivity index (χ2v) is 7.13. The molecule has 0 saturated carbocycles. The minimum atomic E-state index is -1.17. The zero-order chi connectivity index (χ0) is 8.10. The van der Waals surface area contributed by atoms with Gasteiger partial charge in [0, 0.05) is 5.50 Å². The van der Waals surface area contributed by atoms with Gasteiger partial charge < -0.3 is 0 Å². The summed E-state index contributed by atoms with van der Waals surface area (Å²) in [5.74, 6) is 0. The van der Waals surface area contributed by atoms with Gasteiger partial charge in [0.05, 0.1) is 0 Å². The van der Waals surface area contributed by atoms with Crippen LogP contribution in [-0.4, -0.2) is 13.6 Å². The third-order valence-corrected chi connectivity index (χ3v) is 5.23. The van der Waals surface area contributed by atoms with E-state index in [-0.39, 0.29) is 0 Å². The van der Waals surface area contributed by atoms with Gasteiger partial charge in [0.1, 0.15) is 0 Å². The van der Waals surface area contributed by atoms with Gasteiger partial charge in [0.15, 0.2) is 8.11 Å². The largest absolute Gasteiger partial charge is 0.170 e. The lowest BCUT2D eigenvalue weighted by Gasteiger charge is -2.01. The fourth-order valence-electron chi connectivity index (χ4n) is 0.924. The predicted molar refractivity (Wildman–Crippen MR) is 53.9 cm³/mol. The Morgan fingerprint density at radius 2 is 1.82 bits per heavy atom. The van der Waals surface area contributed by atoms with E-state index < -0.39 is 8.11 Å². The van der Waals surface area contributed by atoms with Gasteiger partial charge in [-0.2, -0.15) is 11.1 Å². The fraction of sp³-hybridized carbons (Fsp3) is 0.250. The molecule has 0 bridgehead atoms. The monoisotopic (exact) mass is 204 g/mol. The summed E-state index contributed by atoms with van der Waals surface area (Å²) in [4.78, 5) is 0. The van der Waals surface area contributed by atoms with Crippen molar-refractivity contribution >= 4 is 30.8 Å². The molecule has 0 fully saturated rings. The van der Waals surface area contributed by atoms with E-state index in [0.717, 1.165) is 6.04 Å². The molecule has 1 aromatic carbocycles. The van der Waals surface area contributed by atoms with Crippen molar-refractivity contribution in [3.05, 3.63) is 35.9 Å². The van der Waals surface area contributed by atoms with Crippen LogP contribution in [0.3, 0.4) is 0 Å². The molecule has 1 atom stereocenters. The lowest BCUT2D eigenvalue weighted by molar-refractivity contribution is 1.37. The highest BCUT2D eigenvalue weighted by molar-refractivity contribution is 7.09. The van der Waals surface area contributed by atoms with Crippen LogP contribution in [0.4, 0.5) is 0 Å². The lowest BCUT2D eigenvalue weighted by Crippen LogP contribution is -2.10. The molecule has 1 aromatic rings. The van der Waals surface area contributed by atoms with Gasteiger partial charge in [-0.05, 0) is 11.6 Å². The van der Waals surface area contributed by atoms with Crippen LogP contribution in [-0.2, 0) is 6.04 Å². The molecule has 0 heterocycles. The summed E-state index contributed by atoms with van der Waals surface area (Å²) in [5.41, 5.74) is 1.95. The number of hydrogen-bond acceptors (Lipinski definition) is 0. The van der Waals surface area contributed by atoms with Gasteiger partial charge in [0.25, 0.3) is 0 Å². The van der Waals surface area contributed by atoms with Crippen LogP contribution in [0.1, 0.15) is 5.56 Å². The number of hydrogen-bond donors (Lipinski definition) is 0. The topological polar surface area (TPSA) is 0 Å². The van der Waals surface area contributed by atoms with Crippen molar-refractivity contribution < 1.29 is 0 Å². The summed E-state index contributed by atoms with van der Waals surface area (Å²) in [6, 6.07) is 11.2. The molecule has 60 valence electrons. The first kappa shape index (κ1) is 9.11. The summed E-state index contributed by atoms with van der Waals surface area (Å²) in [7, 11) is -1.17. The lowest BCUT2D eigenvalue weighted by atomic mass is 10.2. The molecule has 11 heavy (non-hydrogen) atoms. The summed E-state index contributed by atoms with van der Waals surface area (Å²) in [5, 5.41) is 0. The highest BCUT2D eigenvalue weighted by atomic mass is 35.6. The smallest absolute Gasteiger partial charge is 0.159 e. The number of alkyl halides is 1. The SMILES string of the molecule is ClC[SiH](Cl)Cc1ccccc1. The van der Waals surface area contributed by atoms with Crippen LogP contribution in [0, 0.1) is 0 Å². The molecule has 0 aromatic heterocycles. The zero-order valence-electron chi connectivity index (χ0n) is 6.13. The molecule has 0 spiro atoms. The minimum absolute atomic E-state index is 0.649. The molecule has 0 N–H and O–H groups in total. The first-order valence-electron chi connectivity index (χ1n) is 3.57. The van der Waals surface area contributed by atoms with Crippen LogP contribution in [0.2, 0.25) is 0 Å². The van der Waals surface area contributed by atoms with Crippen molar-refractivity contribution in [2.75, 3.05) is 5.50 Å². The summed E-state index contributed by atoms with van der Waals surface area (Å²) >= 11 is 11.6. The molecule has 1 unspecified atom stereocenters. The van der Waals surface area contributed by atoms with E-state index in [1.54, 1.807) is 0 Å². The first-order chi connectivity index (χ1) is 5.33. The molecule has 0 aliphatic heterocycles. The van der Waals surface area contributed by atoms with Gasteiger partial charge >= 0.3 is 0 Å². The quantitative estimate of drug-likeness (QED) is 0.404. The Labute approximate surface area is 78.5 Å². The maximum absolute atomic E-state index is 6.01. The van der Waals surface area contributed by atoms with E-state index in [2.05, 4.69) is 12.1 Å². The van der Waals surface area contributed by atoms with E-state index >= 15 is 0 Å². The van der Waals surface area contributed by atoms with Crippen molar-refractivity contribution in [3.63, 3.8) is 0 Å². The standard InChI is InChI=1S/C8H10Cl2Si/c9-7-11(10)6-8-4-2-1-3-5-8/h1-5,11H,6-7H2. The Kier molecular flexibility index (Phi) is 3.98. The Morgan fingerprint density at radius 3 is 2.36 bits per heavy atom. The van der Waals surface area contributed by atoms with E-state index in [9.17, 15) is 0 Å². The Balaban J connectivity index is 2.51. The summed E-state index contributed by atoms with van der Waals surface area (Å²) in [6.45, 7) is 0. The zero-order valence-corrected chi connectivity index (χ0v) is 8.80. The second kappa shape index (κ2) is 4.81. The van der Waals surface area contributed by atoms with Crippen LogP contribution >= 0.6 is 22.7 Å². The van der Waals surface area contributed by atoms with Crippen molar-refractivity contribution in [3.8, 4) is 0 Å². The van der Waals surface area contributed by atoms with Crippen molar-refractivity contribution in [2.24, 2.45) is 0 Å². The minimum Gasteiger partial charge on any atom is -0.170 e. The normalized spacial score (nSPS) is 12.9. The molecule has 0 radical (unpaired) electrons. The molecule has 0 aliphatic carbocycles. The third-order valence-electron chi connectivity index (χ3n) is 1.47. The fourth-order valence-corrected chi connectivity index (χ4v) is 2.68. The summed E-state index contributed by atoms with van der Waals surface area (Å²) in [6.07, 6.45) is 0. The Hall–Kier alpha value is 0.0169. The first-order valence-corrected chi connectivity index (χ1v) is 7.48. The van der Waals surface area contributed by atoms with Crippen molar-refractivity contribution in [1.82, 2.24) is 0 Å². The average Bonchev–Trinajstić information content (AvgIpc) is 2.06. The van der Waals surface area contributed by atoms with Crippen LogP contribution in [0.25, 0.3) is 0 Å². The van der Waals surface area contributed by atoms with Crippen molar-refractivity contribution in [1.29, 1.82) is 0 Å². The van der Waals surface area contributed by atoms with E-state index in [1.807, 2.05) is 18.2 Å². The highest BCUT2D eigenvalue weighted by Crippen LogP contribution is 2.05. The Bertz CT molecular complexity index is 201. The predicted octanol–water partition coefficient (Wildman–Crippen LogP) is 2.51. The number of halogens is 2. The molecule has 0 aliphatic rings. The molecule has 0 amide bonds. The molecule has 0 saturated heterocycles. The number of benzene rings is 1. The van der Waals surface area contributed by atoms with Gasteiger partial charge in [-0.3, -0.25) is 0 Å². The summed E-state index contributed by atoms with van der Waals surface area (Å²) < 4.78 is 0. The van der Waals surface area contributed by atoms with E-state index in [1.165, 1.54) is 5.56 Å². The highest BCUT2D eigenvalue weighted by Gasteiger charge is 2.04. The molecule has 1 rings (SSSR count). The van der Waals surface area contributed by atoms with Crippen LogP contribution < -0.4 is 0 Å². The van der Waals surface area contributed by atoms with Crippen LogP contribution in [0.5, 0.6) is 0 Å². The number of rotatable bonds is 3. The van der Waals surface area contributed by atoms with E-state index in [4.69, 9.17) is 22.7 Å². The maximum Gasteiger partial charge on any atom is 0.159 e. The average molecular weight is 205 g/mol. The molecule has 0 nitrogen and oxygen atoms in total. The van der Waals surface area contributed by atoms with Crippen molar-refractivity contribution in [2.45, 2.75) is 6.04 Å². The van der Waals surface area contributed by atoms with Crippen LogP contribution in [0.15, 0.2) is 30.3 Å². The molecule has 3 heteroatoms. The molecular formula is C8H10Cl2Si. The van der Waals surface area contributed by atoms with Gasteiger partial charge in [0.2, 0.25) is 0 Å². The Morgan fingerprint density at radius 1 is 1.18 bits per heavy atom. The van der Waals surface area contributed by atoms with Gasteiger partial charge in [-0.1, -0.05) is 30.3 Å².